The summed E-state index contributed by atoms with van der Waals surface area (Å²) in [5.41, 5.74) is 2.00. The summed E-state index contributed by atoms with van der Waals surface area (Å²) in [5.74, 6) is 0. The van der Waals surface area contributed by atoms with Crippen LogP contribution in [0.15, 0.2) is 60.7 Å². The van der Waals surface area contributed by atoms with Gasteiger partial charge in [-0.05, 0) is 31.2 Å². The van der Waals surface area contributed by atoms with E-state index in [-0.39, 0.29) is 0 Å². The van der Waals surface area contributed by atoms with Crippen LogP contribution in [-0.4, -0.2) is 12.7 Å². The zero-order valence-electron chi connectivity index (χ0n) is 9.54. The second-order valence-electron chi connectivity index (χ2n) is 3.72. The molecule has 2 nitrogen and oxygen atoms in total. The number of benzene rings is 2. The van der Waals surface area contributed by atoms with E-state index < -0.39 is 7.92 Å². The number of hydrogen-bond donors (Lipinski definition) is 1. The third-order valence-electron chi connectivity index (χ3n) is 2.57. The summed E-state index contributed by atoms with van der Waals surface area (Å²) < 4.78 is 0. The third-order valence-corrected chi connectivity index (χ3v) is 5.09. The fourth-order valence-electron chi connectivity index (χ4n) is 1.78. The molecule has 3 heteroatoms. The molecule has 0 spiro atoms. The fourth-order valence-corrected chi connectivity index (χ4v) is 3.97. The predicted molar refractivity (Wildman–Crippen MR) is 75.3 cm³/mol. The SMILES string of the molecule is [O-]NCCP(c1ccccc1)c1ccccc1. The Morgan fingerprint density at radius 1 is 0.824 bits per heavy atom. The molecule has 2 aromatic carbocycles. The van der Waals surface area contributed by atoms with Gasteiger partial charge in [0, 0.05) is 0 Å². The second-order valence-corrected chi connectivity index (χ2v) is 6.05. The Morgan fingerprint density at radius 3 is 1.71 bits per heavy atom. The lowest BCUT2D eigenvalue weighted by atomic mass is 10.4. The molecule has 0 unspecified atom stereocenters. The van der Waals surface area contributed by atoms with Crippen molar-refractivity contribution in [1.82, 2.24) is 5.48 Å². The van der Waals surface area contributed by atoms with Crippen molar-refractivity contribution >= 4 is 18.5 Å². The predicted octanol–water partition coefficient (Wildman–Crippen LogP) is 2.21. The molecule has 0 aliphatic heterocycles. The molecule has 0 aliphatic rings. The summed E-state index contributed by atoms with van der Waals surface area (Å²) in [7, 11) is -0.419. The van der Waals surface area contributed by atoms with Crippen LogP contribution in [0.4, 0.5) is 0 Å². The van der Waals surface area contributed by atoms with Gasteiger partial charge in [0.15, 0.2) is 0 Å². The second kappa shape index (κ2) is 6.51. The molecule has 0 heterocycles. The molecule has 17 heavy (non-hydrogen) atoms. The molecule has 0 radical (unpaired) electrons. The summed E-state index contributed by atoms with van der Waals surface area (Å²) in [6.45, 7) is 0.509. The summed E-state index contributed by atoms with van der Waals surface area (Å²) in [4.78, 5) is 0. The van der Waals surface area contributed by atoms with Crippen molar-refractivity contribution in [2.75, 3.05) is 12.7 Å². The van der Waals surface area contributed by atoms with Crippen LogP contribution in [0.5, 0.6) is 0 Å². The van der Waals surface area contributed by atoms with Gasteiger partial charge in [0.25, 0.3) is 0 Å². The topological polar surface area (TPSA) is 35.1 Å². The summed E-state index contributed by atoms with van der Waals surface area (Å²) in [5, 5.41) is 13.1. The Kier molecular flexibility index (Phi) is 4.69. The lowest BCUT2D eigenvalue weighted by Gasteiger charge is -2.20. The van der Waals surface area contributed by atoms with Crippen LogP contribution in [0.1, 0.15) is 0 Å². The standard InChI is InChI=1S/C14H15NOP/c16-15-11-12-17(13-7-3-1-4-8-13)14-9-5-2-6-10-14/h1-10,15H,11-12H2/q-1. The molecule has 0 saturated carbocycles. The molecule has 0 amide bonds. The first-order valence-electron chi connectivity index (χ1n) is 5.64. The van der Waals surface area contributed by atoms with Crippen molar-refractivity contribution in [3.8, 4) is 0 Å². The van der Waals surface area contributed by atoms with Crippen LogP contribution in [0.25, 0.3) is 0 Å². The number of nitrogens with one attached hydrogen (secondary N) is 1. The van der Waals surface area contributed by atoms with E-state index in [1.54, 1.807) is 0 Å². The lowest BCUT2D eigenvalue weighted by molar-refractivity contribution is 0.933. The smallest absolute Gasteiger partial charge is 0.0123 e. The Morgan fingerprint density at radius 2 is 1.29 bits per heavy atom. The maximum Gasteiger partial charge on any atom is -0.0123 e. The normalized spacial score (nSPS) is 10.7. The molecule has 1 N–H and O–H groups in total. The van der Waals surface area contributed by atoms with Gasteiger partial charge in [-0.3, -0.25) is 0 Å². The first-order valence-corrected chi connectivity index (χ1v) is 7.17. The summed E-state index contributed by atoms with van der Waals surface area (Å²) in [6.07, 6.45) is 0.882. The van der Waals surface area contributed by atoms with Gasteiger partial charge >= 0.3 is 0 Å². The van der Waals surface area contributed by atoms with E-state index in [9.17, 15) is 5.21 Å². The van der Waals surface area contributed by atoms with Crippen LogP contribution < -0.4 is 16.1 Å². The highest BCUT2D eigenvalue weighted by atomic mass is 31.1. The Bertz CT molecular complexity index is 393. The molecule has 0 bridgehead atoms. The maximum absolute atomic E-state index is 10.5. The van der Waals surface area contributed by atoms with Crippen molar-refractivity contribution < 1.29 is 0 Å². The molecule has 0 saturated heterocycles. The van der Waals surface area contributed by atoms with Crippen molar-refractivity contribution in [2.45, 2.75) is 0 Å². The molecule has 0 aromatic heterocycles. The minimum absolute atomic E-state index is 0.419. The zero-order valence-corrected chi connectivity index (χ0v) is 10.4. The van der Waals surface area contributed by atoms with E-state index in [4.69, 9.17) is 0 Å². The van der Waals surface area contributed by atoms with Crippen LogP contribution >= 0.6 is 7.92 Å². The highest BCUT2D eigenvalue weighted by Gasteiger charge is 2.11. The van der Waals surface area contributed by atoms with E-state index in [0.717, 1.165) is 6.16 Å². The van der Waals surface area contributed by atoms with Gasteiger partial charge < -0.3 is 10.7 Å². The van der Waals surface area contributed by atoms with E-state index in [0.29, 0.717) is 6.54 Å². The summed E-state index contributed by atoms with van der Waals surface area (Å²) >= 11 is 0. The van der Waals surface area contributed by atoms with Gasteiger partial charge in [0.05, 0.1) is 0 Å². The van der Waals surface area contributed by atoms with Gasteiger partial charge in [0.1, 0.15) is 0 Å². The molecule has 2 rings (SSSR count). The fraction of sp³-hybridized carbons (Fsp3) is 0.143. The number of hydroxylamine groups is 1. The number of hydrogen-bond acceptors (Lipinski definition) is 2. The van der Waals surface area contributed by atoms with Crippen LogP contribution in [0, 0.1) is 5.21 Å². The molecule has 88 valence electrons. The van der Waals surface area contributed by atoms with E-state index in [1.165, 1.54) is 10.6 Å². The highest BCUT2D eigenvalue weighted by Crippen LogP contribution is 2.32. The van der Waals surface area contributed by atoms with Gasteiger partial charge in [-0.1, -0.05) is 60.7 Å². The molecule has 0 fully saturated rings. The highest BCUT2D eigenvalue weighted by molar-refractivity contribution is 7.73. The van der Waals surface area contributed by atoms with Crippen LogP contribution in [0.3, 0.4) is 0 Å². The average molecular weight is 244 g/mol. The Hall–Kier alpha value is -1.21. The average Bonchev–Trinajstić information content (AvgIpc) is 2.42. The molecule has 2 aromatic rings. The van der Waals surface area contributed by atoms with Gasteiger partial charge in [-0.2, -0.15) is 0 Å². The first kappa shape index (κ1) is 12.3. The van der Waals surface area contributed by atoms with Gasteiger partial charge in [-0.15, -0.1) is 0 Å². The Labute approximate surface area is 103 Å². The van der Waals surface area contributed by atoms with Crippen molar-refractivity contribution in [3.63, 3.8) is 0 Å². The first-order chi connectivity index (χ1) is 8.42. The van der Waals surface area contributed by atoms with Crippen molar-refractivity contribution in [1.29, 1.82) is 0 Å². The summed E-state index contributed by atoms with van der Waals surface area (Å²) in [6, 6.07) is 20.8. The van der Waals surface area contributed by atoms with Crippen molar-refractivity contribution in [3.05, 3.63) is 65.9 Å². The van der Waals surface area contributed by atoms with Gasteiger partial charge in [0.2, 0.25) is 0 Å². The van der Waals surface area contributed by atoms with Crippen molar-refractivity contribution in [2.24, 2.45) is 0 Å². The minimum Gasteiger partial charge on any atom is -0.788 e. The Balaban J connectivity index is 2.26. The number of rotatable bonds is 5. The van der Waals surface area contributed by atoms with E-state index >= 15 is 0 Å². The van der Waals surface area contributed by atoms with Crippen LogP contribution in [-0.2, 0) is 0 Å². The zero-order chi connectivity index (χ0) is 11.9. The van der Waals surface area contributed by atoms with E-state index in [1.807, 2.05) is 17.6 Å². The maximum atomic E-state index is 10.5. The quantitative estimate of drug-likeness (QED) is 0.646. The van der Waals surface area contributed by atoms with Gasteiger partial charge in [-0.25, -0.2) is 0 Å². The largest absolute Gasteiger partial charge is 0.788 e. The lowest BCUT2D eigenvalue weighted by Crippen LogP contribution is -2.19. The minimum atomic E-state index is -0.419. The van der Waals surface area contributed by atoms with E-state index in [2.05, 4.69) is 48.5 Å². The molecule has 0 atom stereocenters. The molecular formula is C14H15NOP-. The third kappa shape index (κ3) is 3.37. The monoisotopic (exact) mass is 244 g/mol. The molecular weight excluding hydrogens is 229 g/mol. The van der Waals surface area contributed by atoms with Crippen LogP contribution in [0.2, 0.25) is 0 Å². The molecule has 0 aliphatic carbocycles.